The molecule has 19 heavy (non-hydrogen) atoms. The van der Waals surface area contributed by atoms with E-state index in [2.05, 4.69) is 21.4 Å². The van der Waals surface area contributed by atoms with Crippen molar-refractivity contribution >= 4 is 11.5 Å². The lowest BCUT2D eigenvalue weighted by Gasteiger charge is -2.30. The summed E-state index contributed by atoms with van der Waals surface area (Å²) in [6.07, 6.45) is 4.36. The second-order valence-corrected chi connectivity index (χ2v) is 4.78. The smallest absolute Gasteiger partial charge is 0.166 e. The van der Waals surface area contributed by atoms with Gasteiger partial charge in [0.15, 0.2) is 5.78 Å². The molecule has 4 nitrogen and oxygen atoms in total. The van der Waals surface area contributed by atoms with Crippen LogP contribution in [0.25, 0.3) is 0 Å². The SMILES string of the molecule is CCn1cncc1CN1CCC(=O)c2ccccc21. The zero-order valence-electron chi connectivity index (χ0n) is 11.0. The molecule has 2 heterocycles. The van der Waals surface area contributed by atoms with Gasteiger partial charge in [0.2, 0.25) is 0 Å². The highest BCUT2D eigenvalue weighted by Gasteiger charge is 2.23. The van der Waals surface area contributed by atoms with Gasteiger partial charge in [0.1, 0.15) is 0 Å². The van der Waals surface area contributed by atoms with Crippen LogP contribution in [-0.4, -0.2) is 21.9 Å². The minimum absolute atomic E-state index is 0.246. The molecule has 0 saturated heterocycles. The van der Waals surface area contributed by atoms with Gasteiger partial charge in [0.25, 0.3) is 0 Å². The van der Waals surface area contributed by atoms with Crippen LogP contribution in [0.4, 0.5) is 5.69 Å². The van der Waals surface area contributed by atoms with Gasteiger partial charge in [0.05, 0.1) is 18.6 Å². The van der Waals surface area contributed by atoms with Gasteiger partial charge in [-0.3, -0.25) is 4.79 Å². The summed E-state index contributed by atoms with van der Waals surface area (Å²) in [7, 11) is 0. The molecule has 98 valence electrons. The first-order chi connectivity index (χ1) is 9.29. The Hall–Kier alpha value is -2.10. The topological polar surface area (TPSA) is 38.1 Å². The molecule has 0 amide bonds. The molecule has 3 rings (SSSR count). The van der Waals surface area contributed by atoms with Crippen molar-refractivity contribution in [2.24, 2.45) is 0 Å². The molecule has 0 saturated carbocycles. The predicted molar refractivity (Wildman–Crippen MR) is 74.3 cm³/mol. The highest BCUT2D eigenvalue weighted by molar-refractivity contribution is 6.03. The van der Waals surface area contributed by atoms with E-state index in [1.165, 1.54) is 5.69 Å². The van der Waals surface area contributed by atoms with Gasteiger partial charge >= 0.3 is 0 Å². The summed E-state index contributed by atoms with van der Waals surface area (Å²) >= 11 is 0. The number of benzene rings is 1. The zero-order valence-corrected chi connectivity index (χ0v) is 11.0. The lowest BCUT2D eigenvalue weighted by atomic mass is 10.0. The van der Waals surface area contributed by atoms with E-state index in [9.17, 15) is 4.79 Å². The third kappa shape index (κ3) is 2.14. The number of hydrogen-bond donors (Lipinski definition) is 0. The molecule has 0 spiro atoms. The fraction of sp³-hybridized carbons (Fsp3) is 0.333. The number of Topliss-reactive ketones (excluding diaryl/α,β-unsaturated/α-hetero) is 1. The number of nitrogens with zero attached hydrogens (tertiary/aromatic N) is 3. The van der Waals surface area contributed by atoms with Crippen LogP contribution in [0.3, 0.4) is 0 Å². The molecule has 0 atom stereocenters. The van der Waals surface area contributed by atoms with Crippen molar-refractivity contribution in [2.45, 2.75) is 26.4 Å². The van der Waals surface area contributed by atoms with Crippen molar-refractivity contribution in [3.05, 3.63) is 48.0 Å². The molecule has 4 heteroatoms. The number of hydrogen-bond acceptors (Lipinski definition) is 3. The van der Waals surface area contributed by atoms with Crippen molar-refractivity contribution in [3.63, 3.8) is 0 Å². The number of anilines is 1. The summed E-state index contributed by atoms with van der Waals surface area (Å²) in [4.78, 5) is 18.4. The van der Waals surface area contributed by atoms with Gasteiger partial charge in [-0.2, -0.15) is 0 Å². The molecule has 2 aromatic rings. The maximum atomic E-state index is 11.9. The Bertz CT molecular complexity index is 603. The van der Waals surface area contributed by atoms with E-state index in [-0.39, 0.29) is 5.78 Å². The number of fused-ring (bicyclic) bond motifs is 1. The van der Waals surface area contributed by atoms with Crippen LogP contribution in [0.1, 0.15) is 29.4 Å². The first-order valence-electron chi connectivity index (χ1n) is 6.65. The van der Waals surface area contributed by atoms with E-state index in [1.807, 2.05) is 36.8 Å². The van der Waals surface area contributed by atoms with Crippen LogP contribution in [0.2, 0.25) is 0 Å². The lowest BCUT2D eigenvalue weighted by Crippen LogP contribution is -2.32. The van der Waals surface area contributed by atoms with Crippen LogP contribution in [0.5, 0.6) is 0 Å². The Morgan fingerprint density at radius 2 is 2.16 bits per heavy atom. The summed E-state index contributed by atoms with van der Waals surface area (Å²) in [5, 5.41) is 0. The monoisotopic (exact) mass is 255 g/mol. The number of aromatic nitrogens is 2. The minimum atomic E-state index is 0.246. The predicted octanol–water partition coefficient (Wildman–Crippen LogP) is 2.50. The Kier molecular flexibility index (Phi) is 3.07. The van der Waals surface area contributed by atoms with E-state index >= 15 is 0 Å². The molecule has 1 aromatic heterocycles. The standard InChI is InChI=1S/C15H17N3O/c1-2-17-11-16-9-12(17)10-18-8-7-15(19)13-5-3-4-6-14(13)18/h3-6,9,11H,2,7-8,10H2,1H3. The highest BCUT2D eigenvalue weighted by Crippen LogP contribution is 2.27. The molecule has 1 aliphatic heterocycles. The molecule has 0 N–H and O–H groups in total. The molecule has 1 aliphatic rings. The molecule has 0 radical (unpaired) electrons. The first kappa shape index (κ1) is 12.0. The summed E-state index contributed by atoms with van der Waals surface area (Å²) in [5.74, 6) is 0.246. The van der Waals surface area contributed by atoms with Crippen LogP contribution >= 0.6 is 0 Å². The number of carbonyl (C=O) groups is 1. The summed E-state index contributed by atoms with van der Waals surface area (Å²) in [6.45, 7) is 4.62. The van der Waals surface area contributed by atoms with Gasteiger partial charge in [0, 0.05) is 37.0 Å². The third-order valence-electron chi connectivity index (χ3n) is 3.65. The normalized spacial score (nSPS) is 14.6. The molecular weight excluding hydrogens is 238 g/mol. The van der Waals surface area contributed by atoms with E-state index in [4.69, 9.17) is 0 Å². The summed E-state index contributed by atoms with van der Waals surface area (Å²) in [5.41, 5.74) is 3.07. The van der Waals surface area contributed by atoms with Crippen molar-refractivity contribution in [1.82, 2.24) is 9.55 Å². The quantitative estimate of drug-likeness (QED) is 0.845. The fourth-order valence-electron chi connectivity index (χ4n) is 2.60. The molecular formula is C15H17N3O. The summed E-state index contributed by atoms with van der Waals surface area (Å²) < 4.78 is 2.14. The fourth-order valence-corrected chi connectivity index (χ4v) is 2.60. The maximum absolute atomic E-state index is 11.9. The number of carbonyl (C=O) groups excluding carboxylic acids is 1. The van der Waals surface area contributed by atoms with Gasteiger partial charge in [-0.1, -0.05) is 12.1 Å². The van der Waals surface area contributed by atoms with E-state index < -0.39 is 0 Å². The lowest BCUT2D eigenvalue weighted by molar-refractivity contribution is 0.0979. The average molecular weight is 255 g/mol. The third-order valence-corrected chi connectivity index (χ3v) is 3.65. The van der Waals surface area contributed by atoms with E-state index in [0.717, 1.165) is 30.9 Å². The number of para-hydroxylation sites is 1. The van der Waals surface area contributed by atoms with Crippen molar-refractivity contribution in [1.29, 1.82) is 0 Å². The number of rotatable bonds is 3. The van der Waals surface area contributed by atoms with Gasteiger partial charge in [-0.05, 0) is 19.1 Å². The minimum Gasteiger partial charge on any atom is -0.365 e. The van der Waals surface area contributed by atoms with Crippen molar-refractivity contribution < 1.29 is 4.79 Å². The number of aryl methyl sites for hydroxylation is 1. The maximum Gasteiger partial charge on any atom is 0.166 e. The van der Waals surface area contributed by atoms with Gasteiger partial charge in [-0.15, -0.1) is 0 Å². The Balaban J connectivity index is 1.91. The molecule has 0 bridgehead atoms. The summed E-state index contributed by atoms with van der Waals surface area (Å²) in [6, 6.07) is 7.86. The van der Waals surface area contributed by atoms with Crippen molar-refractivity contribution in [3.8, 4) is 0 Å². The Labute approximate surface area is 112 Å². The number of ketones is 1. The van der Waals surface area contributed by atoms with E-state index in [0.29, 0.717) is 6.42 Å². The van der Waals surface area contributed by atoms with Crippen LogP contribution in [-0.2, 0) is 13.1 Å². The zero-order chi connectivity index (χ0) is 13.2. The molecule has 0 unspecified atom stereocenters. The van der Waals surface area contributed by atoms with Gasteiger partial charge in [-0.25, -0.2) is 4.98 Å². The Morgan fingerprint density at radius 3 is 3.00 bits per heavy atom. The average Bonchev–Trinajstić information content (AvgIpc) is 2.89. The molecule has 1 aromatic carbocycles. The second kappa shape index (κ2) is 4.88. The Morgan fingerprint density at radius 1 is 1.32 bits per heavy atom. The highest BCUT2D eigenvalue weighted by atomic mass is 16.1. The first-order valence-corrected chi connectivity index (χ1v) is 6.65. The molecule has 0 fully saturated rings. The van der Waals surface area contributed by atoms with Crippen molar-refractivity contribution in [2.75, 3.05) is 11.4 Å². The van der Waals surface area contributed by atoms with Gasteiger partial charge < -0.3 is 9.47 Å². The largest absolute Gasteiger partial charge is 0.365 e. The van der Waals surface area contributed by atoms with Crippen LogP contribution < -0.4 is 4.90 Å². The molecule has 0 aliphatic carbocycles. The van der Waals surface area contributed by atoms with Crippen LogP contribution in [0, 0.1) is 0 Å². The number of imidazole rings is 1. The van der Waals surface area contributed by atoms with E-state index in [1.54, 1.807) is 0 Å². The van der Waals surface area contributed by atoms with Crippen LogP contribution in [0.15, 0.2) is 36.8 Å². The second-order valence-electron chi connectivity index (χ2n) is 4.78.